The molecule has 8 nitrogen and oxygen atoms in total. The summed E-state index contributed by atoms with van der Waals surface area (Å²) in [6.07, 6.45) is 6.40. The van der Waals surface area contributed by atoms with Gasteiger partial charge in [0.15, 0.2) is 0 Å². The van der Waals surface area contributed by atoms with Gasteiger partial charge in [-0.2, -0.15) is 0 Å². The minimum absolute atomic E-state index is 0.124. The molecule has 1 amide bonds. The van der Waals surface area contributed by atoms with Gasteiger partial charge in [0.2, 0.25) is 0 Å². The molecular weight excluding hydrogens is 462 g/mol. The van der Waals surface area contributed by atoms with Crippen molar-refractivity contribution in [3.63, 3.8) is 0 Å². The highest BCUT2D eigenvalue weighted by Crippen LogP contribution is 2.39. The largest absolute Gasteiger partial charge is 0.368 e. The molecule has 0 saturated carbocycles. The second-order valence-corrected chi connectivity index (χ2v) is 11.5. The minimum atomic E-state index is -0.287. The number of likely N-dealkylation sites (N-methyl/N-ethyl adjacent to an activating group) is 1. The zero-order valence-corrected chi connectivity index (χ0v) is 22.2. The van der Waals surface area contributed by atoms with Crippen LogP contribution in [0.2, 0.25) is 0 Å². The number of rotatable bonds is 3. The molecule has 0 spiro atoms. The number of anilines is 1. The van der Waals surface area contributed by atoms with E-state index in [-0.39, 0.29) is 17.4 Å². The quantitative estimate of drug-likeness (QED) is 0.593. The third-order valence-electron chi connectivity index (χ3n) is 8.51. The standard InChI is InChI=1S/C29H37N7O/c1-29(2)16-22(7-9-36(29)28(37)21-5-4-20-6-8-30-17-23(20)14-21)26-27-25(32-19-33-26)15-24(18-31-27)35-12-10-34(3)11-13-35/h4-5,14-15,18-19,22,30H,6-13,16-17H2,1-3H3. The van der Waals surface area contributed by atoms with Crippen LogP contribution in [-0.4, -0.2) is 82.5 Å². The van der Waals surface area contributed by atoms with Crippen LogP contribution in [0.5, 0.6) is 0 Å². The van der Waals surface area contributed by atoms with E-state index in [1.165, 1.54) is 11.1 Å². The summed E-state index contributed by atoms with van der Waals surface area (Å²) in [4.78, 5) is 34.6. The molecule has 8 heteroatoms. The summed E-state index contributed by atoms with van der Waals surface area (Å²) >= 11 is 0. The van der Waals surface area contributed by atoms with Crippen LogP contribution >= 0.6 is 0 Å². The summed E-state index contributed by atoms with van der Waals surface area (Å²) in [6, 6.07) is 8.39. The van der Waals surface area contributed by atoms with Crippen molar-refractivity contribution in [2.24, 2.45) is 0 Å². The Morgan fingerprint density at radius 3 is 2.68 bits per heavy atom. The molecule has 0 aliphatic carbocycles. The number of piperidine rings is 1. The SMILES string of the molecule is CN1CCN(c2cnc3c(C4CCN(C(=O)c5ccc6c(c5)CNCC6)C(C)(C)C4)ncnc3c2)CC1. The number of likely N-dealkylation sites (tertiary alicyclic amines) is 1. The average Bonchev–Trinajstić information content (AvgIpc) is 2.91. The number of carbonyl (C=O) groups excluding carboxylic acids is 1. The molecule has 1 unspecified atom stereocenters. The molecule has 1 atom stereocenters. The van der Waals surface area contributed by atoms with Gasteiger partial charge in [-0.25, -0.2) is 9.97 Å². The molecule has 6 rings (SSSR count). The summed E-state index contributed by atoms with van der Waals surface area (Å²) in [6.45, 7) is 11.0. The van der Waals surface area contributed by atoms with Crippen molar-refractivity contribution in [1.82, 2.24) is 30.1 Å². The fraction of sp³-hybridized carbons (Fsp3) is 0.517. The zero-order valence-electron chi connectivity index (χ0n) is 22.2. The Hall–Kier alpha value is -3.10. The number of aromatic nitrogens is 3. The molecule has 5 heterocycles. The fourth-order valence-corrected chi connectivity index (χ4v) is 6.27. The lowest BCUT2D eigenvalue weighted by atomic mass is 9.80. The van der Waals surface area contributed by atoms with Gasteiger partial charge in [0.1, 0.15) is 11.8 Å². The van der Waals surface area contributed by atoms with Crippen LogP contribution in [-0.2, 0) is 13.0 Å². The molecule has 2 saturated heterocycles. The average molecular weight is 500 g/mol. The molecule has 2 fully saturated rings. The molecule has 1 N–H and O–H groups in total. The molecule has 37 heavy (non-hydrogen) atoms. The van der Waals surface area contributed by atoms with Crippen molar-refractivity contribution in [1.29, 1.82) is 0 Å². The molecular formula is C29H37N7O. The first-order valence-corrected chi connectivity index (χ1v) is 13.6. The summed E-state index contributed by atoms with van der Waals surface area (Å²) in [5.41, 5.74) is 7.04. The predicted molar refractivity (Wildman–Crippen MR) is 146 cm³/mol. The molecule has 3 aromatic rings. The maximum atomic E-state index is 13.6. The lowest BCUT2D eigenvalue weighted by Gasteiger charge is -2.45. The summed E-state index contributed by atoms with van der Waals surface area (Å²) in [7, 11) is 2.17. The summed E-state index contributed by atoms with van der Waals surface area (Å²) in [5.74, 6) is 0.360. The van der Waals surface area contributed by atoms with E-state index in [0.29, 0.717) is 6.54 Å². The topological polar surface area (TPSA) is 77.5 Å². The fourth-order valence-electron chi connectivity index (χ4n) is 6.27. The number of benzene rings is 1. The van der Waals surface area contributed by atoms with Crippen molar-refractivity contribution in [2.75, 3.05) is 51.2 Å². The van der Waals surface area contributed by atoms with E-state index in [1.807, 2.05) is 12.3 Å². The van der Waals surface area contributed by atoms with Crippen molar-refractivity contribution in [2.45, 2.75) is 51.1 Å². The van der Waals surface area contributed by atoms with Crippen molar-refractivity contribution in [3.05, 3.63) is 59.2 Å². The third kappa shape index (κ3) is 4.68. The van der Waals surface area contributed by atoms with Gasteiger partial charge in [0, 0.05) is 56.3 Å². The van der Waals surface area contributed by atoms with E-state index in [1.54, 1.807) is 6.33 Å². The monoisotopic (exact) mass is 499 g/mol. The maximum Gasteiger partial charge on any atom is 0.254 e. The van der Waals surface area contributed by atoms with Gasteiger partial charge in [-0.05, 0) is 76.0 Å². The summed E-state index contributed by atoms with van der Waals surface area (Å²) < 4.78 is 0. The Morgan fingerprint density at radius 1 is 1.03 bits per heavy atom. The minimum Gasteiger partial charge on any atom is -0.368 e. The van der Waals surface area contributed by atoms with Crippen LogP contribution in [0.1, 0.15) is 59.8 Å². The molecule has 3 aliphatic rings. The van der Waals surface area contributed by atoms with Gasteiger partial charge in [-0.1, -0.05) is 6.07 Å². The highest BCUT2D eigenvalue weighted by molar-refractivity contribution is 5.95. The van der Waals surface area contributed by atoms with E-state index in [2.05, 4.69) is 64.1 Å². The predicted octanol–water partition coefficient (Wildman–Crippen LogP) is 3.22. The normalized spacial score (nSPS) is 22.2. The Balaban J connectivity index is 1.21. The van der Waals surface area contributed by atoms with Gasteiger partial charge in [0.05, 0.1) is 23.1 Å². The van der Waals surface area contributed by atoms with Gasteiger partial charge >= 0.3 is 0 Å². The van der Waals surface area contributed by atoms with Crippen LogP contribution < -0.4 is 10.2 Å². The second kappa shape index (κ2) is 9.65. The number of hydrogen-bond acceptors (Lipinski definition) is 7. The second-order valence-electron chi connectivity index (χ2n) is 11.5. The first-order valence-electron chi connectivity index (χ1n) is 13.6. The zero-order chi connectivity index (χ0) is 25.6. The summed E-state index contributed by atoms with van der Waals surface area (Å²) in [5, 5.41) is 3.42. The first kappa shape index (κ1) is 24.2. The van der Waals surface area contributed by atoms with Gasteiger partial charge < -0.3 is 20.0 Å². The van der Waals surface area contributed by atoms with Crippen LogP contribution in [0, 0.1) is 0 Å². The Bertz CT molecular complexity index is 1310. The lowest BCUT2D eigenvalue weighted by Crippen LogP contribution is -2.52. The number of pyridine rings is 1. The van der Waals surface area contributed by atoms with Gasteiger partial charge in [-0.15, -0.1) is 0 Å². The van der Waals surface area contributed by atoms with E-state index in [0.717, 1.165) is 86.5 Å². The molecule has 0 bridgehead atoms. The number of fused-ring (bicyclic) bond motifs is 2. The number of hydrogen-bond donors (Lipinski definition) is 1. The van der Waals surface area contributed by atoms with Gasteiger partial charge in [-0.3, -0.25) is 9.78 Å². The lowest BCUT2D eigenvalue weighted by molar-refractivity contribution is 0.0392. The van der Waals surface area contributed by atoms with Crippen LogP contribution in [0.4, 0.5) is 5.69 Å². The highest BCUT2D eigenvalue weighted by atomic mass is 16.2. The van der Waals surface area contributed by atoms with Crippen molar-refractivity contribution >= 4 is 22.6 Å². The number of piperazine rings is 1. The molecule has 194 valence electrons. The van der Waals surface area contributed by atoms with Gasteiger partial charge in [0.25, 0.3) is 5.91 Å². The smallest absolute Gasteiger partial charge is 0.254 e. The Labute approximate surface area is 219 Å². The molecule has 1 aromatic carbocycles. The van der Waals surface area contributed by atoms with E-state index in [9.17, 15) is 4.79 Å². The third-order valence-corrected chi connectivity index (χ3v) is 8.51. The maximum absolute atomic E-state index is 13.6. The van der Waals surface area contributed by atoms with Crippen LogP contribution in [0.3, 0.4) is 0 Å². The molecule has 3 aliphatic heterocycles. The molecule has 2 aromatic heterocycles. The van der Waals surface area contributed by atoms with Crippen LogP contribution in [0.25, 0.3) is 11.0 Å². The number of amides is 1. The number of carbonyl (C=O) groups is 1. The van der Waals surface area contributed by atoms with E-state index >= 15 is 0 Å². The Kier molecular flexibility index (Phi) is 6.32. The Morgan fingerprint density at radius 2 is 1.86 bits per heavy atom. The molecule has 0 radical (unpaired) electrons. The first-order chi connectivity index (χ1) is 17.9. The van der Waals surface area contributed by atoms with Crippen molar-refractivity contribution in [3.8, 4) is 0 Å². The van der Waals surface area contributed by atoms with E-state index in [4.69, 9.17) is 9.97 Å². The van der Waals surface area contributed by atoms with E-state index < -0.39 is 0 Å². The highest BCUT2D eigenvalue weighted by Gasteiger charge is 2.39. The van der Waals surface area contributed by atoms with Crippen LogP contribution in [0.15, 0.2) is 36.8 Å². The van der Waals surface area contributed by atoms with Crippen molar-refractivity contribution < 1.29 is 4.79 Å². The number of nitrogens with one attached hydrogen (secondary N) is 1. The number of nitrogens with zero attached hydrogens (tertiary/aromatic N) is 6.